The van der Waals surface area contributed by atoms with Crippen LogP contribution < -0.4 is 10.6 Å². The number of piperidine rings is 1. The standard InChI is InChI=1S/C18H18FN5O2/c1-24-9-20-8-15(24)17-13(4-5-16(25)23-17)22-18(26)14-7-10-6-11(19)2-3-12(10)21-14/h2-3,6-9,13,17,21H,4-5H2,1H3,(H,22,26)(H,23,25)/t13-,17-/m1/s1. The SMILES string of the molecule is Cn1cncc1[C@@H]1NC(=O)CC[C@H]1NC(=O)c1cc2cc(F)ccc2[nH]1. The lowest BCUT2D eigenvalue weighted by Gasteiger charge is -2.32. The fourth-order valence-corrected chi connectivity index (χ4v) is 3.37. The molecular formula is C18H18FN5O2. The maximum absolute atomic E-state index is 13.3. The van der Waals surface area contributed by atoms with Gasteiger partial charge in [0.2, 0.25) is 5.91 Å². The highest BCUT2D eigenvalue weighted by Crippen LogP contribution is 2.24. The molecule has 8 heteroatoms. The van der Waals surface area contributed by atoms with Crippen LogP contribution in [0, 0.1) is 5.82 Å². The molecule has 3 heterocycles. The summed E-state index contributed by atoms with van der Waals surface area (Å²) in [6.45, 7) is 0. The minimum atomic E-state index is -0.352. The number of aromatic amines is 1. The first-order valence-corrected chi connectivity index (χ1v) is 8.36. The Labute approximate surface area is 148 Å². The van der Waals surface area contributed by atoms with Crippen LogP contribution in [-0.4, -0.2) is 32.4 Å². The largest absolute Gasteiger partial charge is 0.351 e. The highest BCUT2D eigenvalue weighted by atomic mass is 19.1. The number of carbonyl (C=O) groups excluding carboxylic acids is 2. The van der Waals surface area contributed by atoms with Gasteiger partial charge in [-0.1, -0.05) is 0 Å². The minimum Gasteiger partial charge on any atom is -0.351 e. The van der Waals surface area contributed by atoms with Gasteiger partial charge in [-0.2, -0.15) is 0 Å². The van der Waals surface area contributed by atoms with Crippen LogP contribution in [0.5, 0.6) is 0 Å². The number of amides is 2. The Morgan fingerprint density at radius 3 is 3.00 bits per heavy atom. The summed E-state index contributed by atoms with van der Waals surface area (Å²) < 4.78 is 15.2. The van der Waals surface area contributed by atoms with Gasteiger partial charge in [0.25, 0.3) is 5.91 Å². The number of nitrogens with zero attached hydrogens (tertiary/aromatic N) is 2. The lowest BCUT2D eigenvalue weighted by molar-refractivity contribution is -0.123. The number of aryl methyl sites for hydroxylation is 1. The molecule has 134 valence electrons. The average Bonchev–Trinajstić information content (AvgIpc) is 3.22. The van der Waals surface area contributed by atoms with Crippen molar-refractivity contribution in [1.82, 2.24) is 25.2 Å². The Balaban J connectivity index is 1.58. The second-order valence-electron chi connectivity index (χ2n) is 6.51. The second kappa shape index (κ2) is 6.29. The van der Waals surface area contributed by atoms with Crippen LogP contribution in [0.1, 0.15) is 35.1 Å². The first-order valence-electron chi connectivity index (χ1n) is 8.36. The second-order valence-corrected chi connectivity index (χ2v) is 6.51. The number of benzene rings is 1. The lowest BCUT2D eigenvalue weighted by Crippen LogP contribution is -2.50. The van der Waals surface area contributed by atoms with Crippen molar-refractivity contribution in [2.45, 2.75) is 24.9 Å². The average molecular weight is 355 g/mol. The molecular weight excluding hydrogens is 337 g/mol. The van der Waals surface area contributed by atoms with Crippen LogP contribution in [-0.2, 0) is 11.8 Å². The highest BCUT2D eigenvalue weighted by molar-refractivity contribution is 5.98. The number of nitrogens with one attached hydrogen (secondary N) is 3. The van der Waals surface area contributed by atoms with Crippen molar-refractivity contribution < 1.29 is 14.0 Å². The third kappa shape index (κ3) is 2.94. The number of aromatic nitrogens is 3. The topological polar surface area (TPSA) is 91.8 Å². The molecule has 0 saturated carbocycles. The molecule has 3 N–H and O–H groups in total. The molecule has 4 rings (SSSR count). The molecule has 0 aliphatic carbocycles. The maximum atomic E-state index is 13.3. The monoisotopic (exact) mass is 355 g/mol. The summed E-state index contributed by atoms with van der Waals surface area (Å²) in [5, 5.41) is 6.54. The molecule has 1 aliphatic rings. The van der Waals surface area contributed by atoms with E-state index in [1.807, 2.05) is 11.6 Å². The molecule has 2 aromatic heterocycles. The van der Waals surface area contributed by atoms with Gasteiger partial charge in [0, 0.05) is 24.4 Å². The van der Waals surface area contributed by atoms with Crippen LogP contribution in [0.25, 0.3) is 10.9 Å². The fraction of sp³-hybridized carbons (Fsp3) is 0.278. The Bertz CT molecular complexity index is 993. The number of rotatable bonds is 3. The van der Waals surface area contributed by atoms with Gasteiger partial charge in [-0.3, -0.25) is 9.59 Å². The number of hydrogen-bond acceptors (Lipinski definition) is 3. The fourth-order valence-electron chi connectivity index (χ4n) is 3.37. The van der Waals surface area contributed by atoms with Crippen LogP contribution in [0.4, 0.5) is 4.39 Å². The van der Waals surface area contributed by atoms with E-state index >= 15 is 0 Å². The molecule has 2 atom stereocenters. The molecule has 1 saturated heterocycles. The molecule has 7 nitrogen and oxygen atoms in total. The first-order chi connectivity index (χ1) is 12.5. The lowest BCUT2D eigenvalue weighted by atomic mass is 9.95. The molecule has 26 heavy (non-hydrogen) atoms. The molecule has 3 aromatic rings. The summed E-state index contributed by atoms with van der Waals surface area (Å²) in [6.07, 6.45) is 4.21. The number of hydrogen-bond donors (Lipinski definition) is 3. The summed E-state index contributed by atoms with van der Waals surface area (Å²) in [5.74, 6) is -0.701. The van der Waals surface area contributed by atoms with Crippen LogP contribution in [0.2, 0.25) is 0 Å². The third-order valence-corrected chi connectivity index (χ3v) is 4.72. The number of H-pyrrole nitrogens is 1. The Morgan fingerprint density at radius 2 is 2.23 bits per heavy atom. The van der Waals surface area contributed by atoms with Crippen molar-refractivity contribution in [3.05, 3.63) is 54.0 Å². The van der Waals surface area contributed by atoms with Crippen molar-refractivity contribution in [2.24, 2.45) is 7.05 Å². The summed E-state index contributed by atoms with van der Waals surface area (Å²) in [5.41, 5.74) is 1.87. The van der Waals surface area contributed by atoms with E-state index in [2.05, 4.69) is 20.6 Å². The summed E-state index contributed by atoms with van der Waals surface area (Å²) in [6, 6.07) is 5.32. The van der Waals surface area contributed by atoms with Gasteiger partial charge in [0.05, 0.1) is 30.3 Å². The predicted molar refractivity (Wildman–Crippen MR) is 92.8 cm³/mol. The zero-order chi connectivity index (χ0) is 18.3. The zero-order valence-corrected chi connectivity index (χ0v) is 14.1. The van der Waals surface area contributed by atoms with Crippen molar-refractivity contribution in [2.75, 3.05) is 0 Å². The van der Waals surface area contributed by atoms with Gasteiger partial charge in [-0.15, -0.1) is 0 Å². The van der Waals surface area contributed by atoms with E-state index in [4.69, 9.17) is 0 Å². The number of fused-ring (bicyclic) bond motifs is 1. The minimum absolute atomic E-state index is 0.0530. The van der Waals surface area contributed by atoms with Crippen molar-refractivity contribution in [3.63, 3.8) is 0 Å². The summed E-state index contributed by atoms with van der Waals surface area (Å²) in [7, 11) is 1.84. The summed E-state index contributed by atoms with van der Waals surface area (Å²) >= 11 is 0. The van der Waals surface area contributed by atoms with E-state index < -0.39 is 0 Å². The van der Waals surface area contributed by atoms with Gasteiger partial charge in [-0.25, -0.2) is 9.37 Å². The molecule has 1 aromatic carbocycles. The number of imidazole rings is 1. The summed E-state index contributed by atoms with van der Waals surface area (Å²) in [4.78, 5) is 31.6. The van der Waals surface area contributed by atoms with Gasteiger partial charge in [0.15, 0.2) is 0 Å². The molecule has 0 unspecified atom stereocenters. The van der Waals surface area contributed by atoms with E-state index in [1.165, 1.54) is 12.1 Å². The van der Waals surface area contributed by atoms with Gasteiger partial charge >= 0.3 is 0 Å². The van der Waals surface area contributed by atoms with Gasteiger partial charge in [0.1, 0.15) is 11.5 Å². The first kappa shape index (κ1) is 16.3. The van der Waals surface area contributed by atoms with E-state index in [0.717, 1.165) is 5.69 Å². The van der Waals surface area contributed by atoms with Crippen molar-refractivity contribution >= 4 is 22.7 Å². The molecule has 2 amide bonds. The van der Waals surface area contributed by atoms with Crippen molar-refractivity contribution in [3.8, 4) is 0 Å². The van der Waals surface area contributed by atoms with Crippen LogP contribution >= 0.6 is 0 Å². The molecule has 0 bridgehead atoms. The van der Waals surface area contributed by atoms with Crippen molar-refractivity contribution in [1.29, 1.82) is 0 Å². The smallest absolute Gasteiger partial charge is 0.268 e. The maximum Gasteiger partial charge on any atom is 0.268 e. The number of carbonyl (C=O) groups is 2. The highest BCUT2D eigenvalue weighted by Gasteiger charge is 2.33. The third-order valence-electron chi connectivity index (χ3n) is 4.72. The van der Waals surface area contributed by atoms with Gasteiger partial charge < -0.3 is 20.2 Å². The Morgan fingerprint density at radius 1 is 1.38 bits per heavy atom. The Kier molecular flexibility index (Phi) is 3.95. The van der Waals surface area contributed by atoms with E-state index in [-0.39, 0.29) is 29.7 Å². The van der Waals surface area contributed by atoms with Gasteiger partial charge in [-0.05, 0) is 30.7 Å². The van der Waals surface area contributed by atoms with Crippen LogP contribution in [0.15, 0.2) is 36.8 Å². The quantitative estimate of drug-likeness (QED) is 0.669. The zero-order valence-electron chi connectivity index (χ0n) is 14.1. The normalized spacial score (nSPS) is 20.2. The number of halogens is 1. The Hall–Kier alpha value is -3.16. The van der Waals surface area contributed by atoms with E-state index in [9.17, 15) is 14.0 Å². The molecule has 1 fully saturated rings. The van der Waals surface area contributed by atoms with Crippen LogP contribution in [0.3, 0.4) is 0 Å². The molecule has 0 spiro atoms. The predicted octanol–water partition coefficient (Wildman–Crippen LogP) is 1.79. The van der Waals surface area contributed by atoms with E-state index in [0.29, 0.717) is 29.4 Å². The van der Waals surface area contributed by atoms with E-state index in [1.54, 1.807) is 24.7 Å². The molecule has 1 aliphatic heterocycles. The molecule has 0 radical (unpaired) electrons.